The number of hydrogen-bond donors (Lipinski definition) is 1. The fourth-order valence-electron chi connectivity index (χ4n) is 1.86. The maximum Gasteiger partial charge on any atom is 0.303 e. The molecule has 0 aromatic carbocycles. The molecule has 0 saturated carbocycles. The second kappa shape index (κ2) is 4.48. The summed E-state index contributed by atoms with van der Waals surface area (Å²) in [6, 6.07) is 1.96. The van der Waals surface area contributed by atoms with Crippen LogP contribution < -0.4 is 0 Å². The number of aryl methyl sites for hydroxylation is 3. The molecular weight excluding hydrogens is 220 g/mol. The molecule has 0 fully saturated rings. The summed E-state index contributed by atoms with van der Waals surface area (Å²) in [5, 5.41) is 16.6. The molecule has 2 aromatic heterocycles. The van der Waals surface area contributed by atoms with E-state index in [-0.39, 0.29) is 6.42 Å². The monoisotopic (exact) mass is 234 g/mol. The van der Waals surface area contributed by atoms with Crippen LogP contribution in [-0.2, 0) is 11.2 Å². The van der Waals surface area contributed by atoms with E-state index in [9.17, 15) is 4.79 Å². The van der Waals surface area contributed by atoms with Crippen molar-refractivity contribution in [3.63, 3.8) is 0 Å². The number of fused-ring (bicyclic) bond motifs is 1. The standard InChI is InChI=1S/C11H14N4O2/c1-7-6-8(2)15-9(4-3-5-10(16)17)13-14-11(15)12-7/h6H,3-5H2,1-2H3,(H,16,17). The van der Waals surface area contributed by atoms with Gasteiger partial charge in [-0.25, -0.2) is 4.98 Å². The summed E-state index contributed by atoms with van der Waals surface area (Å²) in [5.74, 6) is 0.559. The molecule has 0 unspecified atom stereocenters. The third-order valence-electron chi connectivity index (χ3n) is 2.55. The van der Waals surface area contributed by atoms with Crippen molar-refractivity contribution < 1.29 is 9.90 Å². The van der Waals surface area contributed by atoms with Gasteiger partial charge in [-0.1, -0.05) is 0 Å². The summed E-state index contributed by atoms with van der Waals surface area (Å²) >= 11 is 0. The maximum atomic E-state index is 10.4. The van der Waals surface area contributed by atoms with Gasteiger partial charge in [-0.15, -0.1) is 10.2 Å². The van der Waals surface area contributed by atoms with Gasteiger partial charge in [0.1, 0.15) is 5.82 Å². The second-order valence-electron chi connectivity index (χ2n) is 4.04. The molecule has 0 atom stereocenters. The van der Waals surface area contributed by atoms with E-state index in [0.717, 1.165) is 17.2 Å². The number of carbonyl (C=O) groups is 1. The molecule has 2 rings (SSSR count). The molecule has 2 aromatic rings. The average Bonchev–Trinajstić information content (AvgIpc) is 2.60. The van der Waals surface area contributed by atoms with Crippen LogP contribution in [0.5, 0.6) is 0 Å². The lowest BCUT2D eigenvalue weighted by molar-refractivity contribution is -0.137. The van der Waals surface area contributed by atoms with Gasteiger partial charge in [0.05, 0.1) is 0 Å². The molecule has 0 spiro atoms. The van der Waals surface area contributed by atoms with E-state index in [1.54, 1.807) is 0 Å². The van der Waals surface area contributed by atoms with Crippen LogP contribution in [0.15, 0.2) is 6.07 Å². The SMILES string of the molecule is Cc1cc(C)n2c(CCCC(=O)O)nnc2n1. The Morgan fingerprint density at radius 3 is 2.88 bits per heavy atom. The Morgan fingerprint density at radius 1 is 1.41 bits per heavy atom. The van der Waals surface area contributed by atoms with Crippen LogP contribution in [0.4, 0.5) is 0 Å². The lowest BCUT2D eigenvalue weighted by Gasteiger charge is -2.03. The molecule has 6 nitrogen and oxygen atoms in total. The molecule has 17 heavy (non-hydrogen) atoms. The summed E-state index contributed by atoms with van der Waals surface area (Å²) in [7, 11) is 0. The molecule has 0 aliphatic carbocycles. The topological polar surface area (TPSA) is 80.4 Å². The number of aliphatic carboxylic acids is 1. The van der Waals surface area contributed by atoms with Crippen molar-refractivity contribution >= 4 is 11.7 Å². The zero-order chi connectivity index (χ0) is 12.4. The minimum atomic E-state index is -0.787. The first-order chi connectivity index (χ1) is 8.08. The van der Waals surface area contributed by atoms with E-state index < -0.39 is 5.97 Å². The van der Waals surface area contributed by atoms with E-state index in [1.807, 2.05) is 24.3 Å². The van der Waals surface area contributed by atoms with Gasteiger partial charge in [-0.3, -0.25) is 9.20 Å². The Hall–Kier alpha value is -1.98. The van der Waals surface area contributed by atoms with Crippen molar-refractivity contribution in [2.45, 2.75) is 33.1 Å². The predicted octanol–water partition coefficient (Wildman–Crippen LogP) is 1.15. The number of aromatic nitrogens is 4. The van der Waals surface area contributed by atoms with E-state index in [1.165, 1.54) is 0 Å². The molecule has 2 heterocycles. The number of nitrogens with zero attached hydrogens (tertiary/aromatic N) is 4. The summed E-state index contributed by atoms with van der Waals surface area (Å²) < 4.78 is 1.87. The van der Waals surface area contributed by atoms with Crippen molar-refractivity contribution in [2.24, 2.45) is 0 Å². The molecule has 90 valence electrons. The van der Waals surface area contributed by atoms with E-state index in [4.69, 9.17) is 5.11 Å². The highest BCUT2D eigenvalue weighted by atomic mass is 16.4. The summed E-state index contributed by atoms with van der Waals surface area (Å²) in [4.78, 5) is 14.7. The first-order valence-corrected chi connectivity index (χ1v) is 5.48. The zero-order valence-electron chi connectivity index (χ0n) is 9.84. The molecule has 6 heteroatoms. The highest BCUT2D eigenvalue weighted by molar-refractivity contribution is 5.66. The number of carboxylic acids is 1. The Morgan fingerprint density at radius 2 is 2.18 bits per heavy atom. The van der Waals surface area contributed by atoms with Gasteiger partial charge in [0.2, 0.25) is 0 Å². The summed E-state index contributed by atoms with van der Waals surface area (Å²) in [6.07, 6.45) is 1.30. The molecule has 0 saturated heterocycles. The quantitative estimate of drug-likeness (QED) is 0.858. The number of hydrogen-bond acceptors (Lipinski definition) is 4. The van der Waals surface area contributed by atoms with Crippen LogP contribution in [0.3, 0.4) is 0 Å². The van der Waals surface area contributed by atoms with Gasteiger partial charge in [0, 0.05) is 24.2 Å². The highest BCUT2D eigenvalue weighted by Crippen LogP contribution is 2.10. The minimum Gasteiger partial charge on any atom is -0.481 e. The Bertz CT molecular complexity index is 562. The van der Waals surface area contributed by atoms with Gasteiger partial charge < -0.3 is 5.11 Å². The summed E-state index contributed by atoms with van der Waals surface area (Å²) in [6.45, 7) is 3.87. The van der Waals surface area contributed by atoms with Crippen molar-refractivity contribution in [3.05, 3.63) is 23.3 Å². The summed E-state index contributed by atoms with van der Waals surface area (Å²) in [5.41, 5.74) is 1.92. The van der Waals surface area contributed by atoms with Gasteiger partial charge in [0.25, 0.3) is 5.78 Å². The third-order valence-corrected chi connectivity index (χ3v) is 2.55. The van der Waals surface area contributed by atoms with Crippen molar-refractivity contribution in [2.75, 3.05) is 0 Å². The third kappa shape index (κ3) is 2.41. The predicted molar refractivity (Wildman–Crippen MR) is 60.8 cm³/mol. The molecule has 0 amide bonds. The lowest BCUT2D eigenvalue weighted by Crippen LogP contribution is -2.03. The normalized spacial score (nSPS) is 10.9. The largest absolute Gasteiger partial charge is 0.481 e. The smallest absolute Gasteiger partial charge is 0.303 e. The maximum absolute atomic E-state index is 10.4. The van der Waals surface area contributed by atoms with Gasteiger partial charge in [0.15, 0.2) is 0 Å². The number of rotatable bonds is 4. The Balaban J connectivity index is 2.26. The van der Waals surface area contributed by atoms with Crippen molar-refractivity contribution in [3.8, 4) is 0 Å². The van der Waals surface area contributed by atoms with Crippen LogP contribution >= 0.6 is 0 Å². The molecule has 0 bridgehead atoms. The van der Waals surface area contributed by atoms with Crippen LogP contribution in [0, 0.1) is 13.8 Å². The van der Waals surface area contributed by atoms with Crippen LogP contribution in [-0.4, -0.2) is 30.7 Å². The van der Waals surface area contributed by atoms with Crippen molar-refractivity contribution in [1.82, 2.24) is 19.6 Å². The first-order valence-electron chi connectivity index (χ1n) is 5.48. The van der Waals surface area contributed by atoms with Gasteiger partial charge >= 0.3 is 5.97 Å². The van der Waals surface area contributed by atoms with Gasteiger partial charge in [-0.2, -0.15) is 0 Å². The molecule has 1 N–H and O–H groups in total. The average molecular weight is 234 g/mol. The van der Waals surface area contributed by atoms with Crippen LogP contribution in [0.1, 0.15) is 30.1 Å². The van der Waals surface area contributed by atoms with Gasteiger partial charge in [-0.05, 0) is 26.3 Å². The highest BCUT2D eigenvalue weighted by Gasteiger charge is 2.09. The van der Waals surface area contributed by atoms with E-state index >= 15 is 0 Å². The Kier molecular flexibility index (Phi) is 3.03. The minimum absolute atomic E-state index is 0.146. The molecular formula is C11H14N4O2. The fraction of sp³-hybridized carbons (Fsp3) is 0.455. The van der Waals surface area contributed by atoms with Crippen LogP contribution in [0.2, 0.25) is 0 Å². The van der Waals surface area contributed by atoms with E-state index in [0.29, 0.717) is 18.6 Å². The first kappa shape index (κ1) is 11.5. The second-order valence-corrected chi connectivity index (χ2v) is 4.04. The van der Waals surface area contributed by atoms with Crippen molar-refractivity contribution in [1.29, 1.82) is 0 Å². The van der Waals surface area contributed by atoms with Crippen LogP contribution in [0.25, 0.3) is 5.78 Å². The lowest BCUT2D eigenvalue weighted by atomic mass is 10.2. The fourth-order valence-corrected chi connectivity index (χ4v) is 1.86. The number of carboxylic acid groups (broad SMARTS) is 1. The van der Waals surface area contributed by atoms with E-state index in [2.05, 4.69) is 15.2 Å². The Labute approximate surface area is 98.3 Å². The molecule has 0 aliphatic rings. The molecule has 0 aliphatic heterocycles. The molecule has 0 radical (unpaired) electrons. The zero-order valence-corrected chi connectivity index (χ0v) is 9.84.